The lowest BCUT2D eigenvalue weighted by molar-refractivity contribution is 0.248. The van der Waals surface area contributed by atoms with E-state index in [0.29, 0.717) is 0 Å². The lowest BCUT2D eigenvalue weighted by atomic mass is 10.4. The number of hydrogen-bond donors (Lipinski definition) is 0. The Kier molecular flexibility index (Phi) is 6.89. The maximum Gasteiger partial charge on any atom is 0.334 e. The molecular formula is C7H17IO2Si. The standard InChI is InChI=1S/C7H17IO2Si/c1-9-11(3,10-2)7-5-4-6-8/h4-7H2,1-3H3. The van der Waals surface area contributed by atoms with Crippen molar-refractivity contribution in [2.75, 3.05) is 18.6 Å². The Labute approximate surface area is 84.0 Å². The first kappa shape index (κ1) is 11.9. The second kappa shape index (κ2) is 6.39. The van der Waals surface area contributed by atoms with Crippen LogP contribution in [0.4, 0.5) is 0 Å². The molecule has 11 heavy (non-hydrogen) atoms. The number of alkyl halides is 1. The van der Waals surface area contributed by atoms with Gasteiger partial charge in [-0.1, -0.05) is 29.0 Å². The van der Waals surface area contributed by atoms with Crippen molar-refractivity contribution in [2.45, 2.75) is 25.4 Å². The quantitative estimate of drug-likeness (QED) is 0.324. The molecule has 0 unspecified atom stereocenters. The van der Waals surface area contributed by atoms with E-state index in [1.807, 2.05) is 0 Å². The van der Waals surface area contributed by atoms with Crippen LogP contribution in [0.25, 0.3) is 0 Å². The average molecular weight is 288 g/mol. The first-order chi connectivity index (χ1) is 5.18. The summed E-state index contributed by atoms with van der Waals surface area (Å²) in [6.07, 6.45) is 2.50. The normalized spacial score (nSPS) is 12.0. The van der Waals surface area contributed by atoms with Crippen LogP contribution in [0.15, 0.2) is 0 Å². The van der Waals surface area contributed by atoms with E-state index in [1.165, 1.54) is 17.3 Å². The SMILES string of the molecule is CO[Si](C)(CCCCI)OC. The molecule has 0 saturated heterocycles. The van der Waals surface area contributed by atoms with Crippen molar-refractivity contribution >= 4 is 31.2 Å². The average Bonchev–Trinajstić information content (AvgIpc) is 2.05. The van der Waals surface area contributed by atoms with Crippen LogP contribution in [-0.4, -0.2) is 27.2 Å². The van der Waals surface area contributed by atoms with Crippen molar-refractivity contribution in [1.82, 2.24) is 0 Å². The van der Waals surface area contributed by atoms with Crippen molar-refractivity contribution in [3.63, 3.8) is 0 Å². The fourth-order valence-electron chi connectivity index (χ4n) is 0.828. The van der Waals surface area contributed by atoms with Gasteiger partial charge in [-0.05, 0) is 23.4 Å². The minimum absolute atomic E-state index is 1.11. The molecule has 0 radical (unpaired) electrons. The molecule has 4 heteroatoms. The van der Waals surface area contributed by atoms with Crippen molar-refractivity contribution in [3.05, 3.63) is 0 Å². The Bertz CT molecular complexity index is 96.4. The highest BCUT2D eigenvalue weighted by atomic mass is 127. The Morgan fingerprint density at radius 1 is 1.18 bits per heavy atom. The lowest BCUT2D eigenvalue weighted by Crippen LogP contribution is -2.35. The highest BCUT2D eigenvalue weighted by Gasteiger charge is 2.27. The van der Waals surface area contributed by atoms with Crippen molar-refractivity contribution in [1.29, 1.82) is 0 Å². The van der Waals surface area contributed by atoms with Gasteiger partial charge in [0.1, 0.15) is 0 Å². The molecule has 0 rings (SSSR count). The molecule has 0 heterocycles. The summed E-state index contributed by atoms with van der Waals surface area (Å²) in [5.41, 5.74) is 0. The topological polar surface area (TPSA) is 18.5 Å². The highest BCUT2D eigenvalue weighted by Crippen LogP contribution is 2.15. The van der Waals surface area contributed by atoms with E-state index in [9.17, 15) is 0 Å². The largest absolute Gasteiger partial charge is 0.398 e. The predicted molar refractivity (Wildman–Crippen MR) is 58.6 cm³/mol. The second-order valence-electron chi connectivity index (χ2n) is 2.69. The van der Waals surface area contributed by atoms with Crippen LogP contribution in [0.3, 0.4) is 0 Å². The summed E-state index contributed by atoms with van der Waals surface area (Å²) in [6.45, 7) is 2.11. The summed E-state index contributed by atoms with van der Waals surface area (Å²) < 4.78 is 11.9. The van der Waals surface area contributed by atoms with Gasteiger partial charge in [-0.3, -0.25) is 0 Å². The van der Waals surface area contributed by atoms with Gasteiger partial charge in [-0.2, -0.15) is 0 Å². The summed E-state index contributed by atoms with van der Waals surface area (Å²) >= 11 is 2.40. The number of halogens is 1. The maximum atomic E-state index is 5.35. The number of hydrogen-bond acceptors (Lipinski definition) is 2. The zero-order valence-electron chi connectivity index (χ0n) is 7.52. The molecule has 0 aliphatic rings. The van der Waals surface area contributed by atoms with Gasteiger partial charge in [-0.15, -0.1) is 0 Å². The Morgan fingerprint density at radius 2 is 1.73 bits per heavy atom. The van der Waals surface area contributed by atoms with E-state index in [-0.39, 0.29) is 0 Å². The summed E-state index contributed by atoms with van der Waals surface area (Å²) in [4.78, 5) is 0. The van der Waals surface area contributed by atoms with Crippen LogP contribution in [0, 0.1) is 0 Å². The monoisotopic (exact) mass is 288 g/mol. The van der Waals surface area contributed by atoms with Gasteiger partial charge in [0.2, 0.25) is 0 Å². The third-order valence-corrected chi connectivity index (χ3v) is 5.63. The molecule has 0 bridgehead atoms. The third-order valence-electron chi connectivity index (χ3n) is 1.88. The minimum Gasteiger partial charge on any atom is -0.398 e. The van der Waals surface area contributed by atoms with Crippen LogP contribution in [0.1, 0.15) is 12.8 Å². The van der Waals surface area contributed by atoms with Gasteiger partial charge in [-0.25, -0.2) is 0 Å². The molecule has 0 aromatic carbocycles. The molecule has 0 aliphatic heterocycles. The Hall–Kier alpha value is 0.867. The van der Waals surface area contributed by atoms with Gasteiger partial charge < -0.3 is 8.85 Å². The van der Waals surface area contributed by atoms with Crippen molar-refractivity contribution in [2.24, 2.45) is 0 Å². The van der Waals surface area contributed by atoms with Crippen LogP contribution < -0.4 is 0 Å². The molecule has 0 aromatic heterocycles. The zero-order valence-corrected chi connectivity index (χ0v) is 10.7. The zero-order chi connectivity index (χ0) is 8.74. The lowest BCUT2D eigenvalue weighted by Gasteiger charge is -2.22. The van der Waals surface area contributed by atoms with Gasteiger partial charge in [0.05, 0.1) is 0 Å². The van der Waals surface area contributed by atoms with Crippen LogP contribution in [0.2, 0.25) is 12.6 Å². The van der Waals surface area contributed by atoms with Gasteiger partial charge >= 0.3 is 8.56 Å². The fourth-order valence-corrected chi connectivity index (χ4v) is 2.83. The molecule has 0 amide bonds. The number of unbranched alkanes of at least 4 members (excludes halogenated alkanes) is 1. The third kappa shape index (κ3) is 5.16. The fraction of sp³-hybridized carbons (Fsp3) is 1.00. The molecular weight excluding hydrogens is 271 g/mol. The van der Waals surface area contributed by atoms with E-state index < -0.39 is 8.56 Å². The predicted octanol–water partition coefficient (Wildman–Crippen LogP) is 2.57. The van der Waals surface area contributed by atoms with E-state index in [0.717, 1.165) is 6.04 Å². The smallest absolute Gasteiger partial charge is 0.334 e. The van der Waals surface area contributed by atoms with Crippen LogP contribution in [-0.2, 0) is 8.85 Å². The molecule has 0 N–H and O–H groups in total. The maximum absolute atomic E-state index is 5.35. The molecule has 0 saturated carbocycles. The summed E-state index contributed by atoms with van der Waals surface area (Å²) in [6, 6.07) is 1.11. The molecule has 2 nitrogen and oxygen atoms in total. The molecule has 0 aromatic rings. The van der Waals surface area contributed by atoms with Crippen LogP contribution >= 0.6 is 22.6 Å². The Balaban J connectivity index is 3.51. The van der Waals surface area contributed by atoms with E-state index >= 15 is 0 Å². The summed E-state index contributed by atoms with van der Waals surface area (Å²) in [5, 5.41) is 0. The van der Waals surface area contributed by atoms with E-state index in [2.05, 4.69) is 29.1 Å². The Morgan fingerprint density at radius 3 is 2.09 bits per heavy atom. The summed E-state index contributed by atoms with van der Waals surface area (Å²) in [5.74, 6) is 0. The molecule has 68 valence electrons. The van der Waals surface area contributed by atoms with Crippen molar-refractivity contribution in [3.8, 4) is 0 Å². The van der Waals surface area contributed by atoms with Gasteiger partial charge in [0.15, 0.2) is 0 Å². The first-order valence-corrected chi connectivity index (χ1v) is 7.89. The molecule has 0 aliphatic carbocycles. The second-order valence-corrected chi connectivity index (χ2v) is 7.35. The van der Waals surface area contributed by atoms with Crippen LogP contribution in [0.5, 0.6) is 0 Å². The van der Waals surface area contributed by atoms with Crippen molar-refractivity contribution < 1.29 is 8.85 Å². The molecule has 0 fully saturated rings. The summed E-state index contributed by atoms with van der Waals surface area (Å²) in [7, 11) is 1.76. The minimum atomic E-state index is -1.74. The highest BCUT2D eigenvalue weighted by molar-refractivity contribution is 14.1. The molecule has 0 spiro atoms. The van der Waals surface area contributed by atoms with Gasteiger partial charge in [0.25, 0.3) is 0 Å². The number of rotatable bonds is 6. The van der Waals surface area contributed by atoms with E-state index in [4.69, 9.17) is 8.85 Å². The van der Waals surface area contributed by atoms with E-state index in [1.54, 1.807) is 14.2 Å². The van der Waals surface area contributed by atoms with Gasteiger partial charge in [0, 0.05) is 14.2 Å². The first-order valence-electron chi connectivity index (χ1n) is 3.85. The molecule has 0 atom stereocenters.